The summed E-state index contributed by atoms with van der Waals surface area (Å²) < 4.78 is 0. The minimum Gasteiger partial charge on any atom is -0.305 e. The number of aliphatic imine (C=N–C) groups is 1. The number of amides is 1. The van der Waals surface area contributed by atoms with Gasteiger partial charge in [0.1, 0.15) is 0 Å². The number of amidine groups is 1. The first-order valence-corrected chi connectivity index (χ1v) is 6.24. The lowest BCUT2D eigenvalue weighted by Crippen LogP contribution is -2.20. The lowest BCUT2D eigenvalue weighted by atomic mass is 10.1. The third-order valence-electron chi connectivity index (χ3n) is 2.32. The van der Waals surface area contributed by atoms with Gasteiger partial charge >= 0.3 is 0 Å². The quantitative estimate of drug-likeness (QED) is 0.880. The molecule has 84 valence electrons. The van der Waals surface area contributed by atoms with Crippen LogP contribution in [0.15, 0.2) is 23.2 Å². The smallest absolute Gasteiger partial charge is 0.236 e. The molecule has 0 unspecified atom stereocenters. The lowest BCUT2D eigenvalue weighted by Gasteiger charge is -2.05. The molecular weight excluding hydrogens is 244 g/mol. The number of carbonyl (C=O) groups excluding carboxylic acids is 1. The van der Waals surface area contributed by atoms with Crippen LogP contribution in [0, 0.1) is 6.92 Å². The first-order chi connectivity index (χ1) is 7.66. The van der Waals surface area contributed by atoms with Crippen molar-refractivity contribution in [3.8, 4) is 0 Å². The summed E-state index contributed by atoms with van der Waals surface area (Å²) in [6.45, 7) is 2.51. The van der Waals surface area contributed by atoms with Crippen molar-refractivity contribution in [3.63, 3.8) is 0 Å². The summed E-state index contributed by atoms with van der Waals surface area (Å²) >= 11 is 7.51. The fourth-order valence-electron chi connectivity index (χ4n) is 1.43. The largest absolute Gasteiger partial charge is 0.305 e. The molecule has 0 aromatic heterocycles. The number of nitrogens with one attached hydrogen (secondary N) is 1. The molecule has 16 heavy (non-hydrogen) atoms. The molecule has 0 bridgehead atoms. The average molecular weight is 255 g/mol. The highest BCUT2D eigenvalue weighted by molar-refractivity contribution is 8.15. The van der Waals surface area contributed by atoms with Gasteiger partial charge in [-0.25, -0.2) is 0 Å². The highest BCUT2D eigenvalue weighted by Crippen LogP contribution is 2.21. The molecular formula is C11H11ClN2OS. The average Bonchev–Trinajstić information content (AvgIpc) is 2.63. The Hall–Kier alpha value is -1.000. The molecule has 2 rings (SSSR count). The van der Waals surface area contributed by atoms with E-state index in [-0.39, 0.29) is 5.91 Å². The van der Waals surface area contributed by atoms with Crippen LogP contribution in [0.2, 0.25) is 5.02 Å². The van der Waals surface area contributed by atoms with Gasteiger partial charge in [-0.05, 0) is 24.1 Å². The SMILES string of the molecule is Cc1cccc(Cl)c1CN=C1NC(=O)CS1. The van der Waals surface area contributed by atoms with Crippen LogP contribution >= 0.6 is 23.4 Å². The fraction of sp³-hybridized carbons (Fsp3) is 0.273. The van der Waals surface area contributed by atoms with Crippen LogP contribution < -0.4 is 5.32 Å². The number of hydrogen-bond donors (Lipinski definition) is 1. The number of rotatable bonds is 2. The Kier molecular flexibility index (Phi) is 3.51. The van der Waals surface area contributed by atoms with E-state index in [1.54, 1.807) is 0 Å². The predicted molar refractivity (Wildman–Crippen MR) is 67.9 cm³/mol. The molecule has 1 amide bonds. The van der Waals surface area contributed by atoms with E-state index in [2.05, 4.69) is 10.3 Å². The summed E-state index contributed by atoms with van der Waals surface area (Å²) in [6.07, 6.45) is 0. The van der Waals surface area contributed by atoms with Gasteiger partial charge in [-0.15, -0.1) is 0 Å². The first-order valence-electron chi connectivity index (χ1n) is 4.88. The number of thioether (sulfide) groups is 1. The summed E-state index contributed by atoms with van der Waals surface area (Å²) in [5.41, 5.74) is 2.13. The molecule has 1 aromatic rings. The van der Waals surface area contributed by atoms with Crippen LogP contribution in [0.1, 0.15) is 11.1 Å². The molecule has 0 spiro atoms. The zero-order valence-electron chi connectivity index (χ0n) is 8.79. The Morgan fingerprint density at radius 2 is 2.38 bits per heavy atom. The van der Waals surface area contributed by atoms with Crippen LogP contribution in [0.3, 0.4) is 0 Å². The maximum Gasteiger partial charge on any atom is 0.236 e. The molecule has 1 fully saturated rings. The van der Waals surface area contributed by atoms with Gasteiger partial charge in [0.25, 0.3) is 0 Å². The number of nitrogens with zero attached hydrogens (tertiary/aromatic N) is 1. The van der Waals surface area contributed by atoms with E-state index in [1.165, 1.54) is 11.8 Å². The number of hydrogen-bond acceptors (Lipinski definition) is 3. The van der Waals surface area contributed by atoms with E-state index < -0.39 is 0 Å². The summed E-state index contributed by atoms with van der Waals surface area (Å²) in [5.74, 6) is 0.472. The first kappa shape index (κ1) is 11.5. The molecule has 0 radical (unpaired) electrons. The van der Waals surface area contributed by atoms with E-state index in [9.17, 15) is 4.79 Å². The van der Waals surface area contributed by atoms with Crippen LogP contribution in [0.4, 0.5) is 0 Å². The van der Waals surface area contributed by atoms with Gasteiger partial charge < -0.3 is 5.32 Å². The summed E-state index contributed by atoms with van der Waals surface area (Å²) in [7, 11) is 0. The summed E-state index contributed by atoms with van der Waals surface area (Å²) in [6, 6.07) is 5.77. The second-order valence-electron chi connectivity index (χ2n) is 3.49. The van der Waals surface area contributed by atoms with E-state index in [0.29, 0.717) is 17.5 Å². The summed E-state index contributed by atoms with van der Waals surface area (Å²) in [4.78, 5) is 15.3. The molecule has 0 aliphatic carbocycles. The number of halogens is 1. The normalized spacial score (nSPS) is 17.9. The van der Waals surface area contributed by atoms with Gasteiger partial charge in [-0.3, -0.25) is 9.79 Å². The molecule has 1 saturated heterocycles. The Balaban J connectivity index is 2.13. The van der Waals surface area contributed by atoms with Crippen LogP contribution in [-0.2, 0) is 11.3 Å². The second-order valence-corrected chi connectivity index (χ2v) is 4.86. The highest BCUT2D eigenvalue weighted by atomic mass is 35.5. The van der Waals surface area contributed by atoms with Gasteiger partial charge in [-0.2, -0.15) is 0 Å². The standard InChI is InChI=1S/C11H11ClN2OS/c1-7-3-2-4-9(12)8(7)5-13-11-14-10(15)6-16-11/h2-4H,5-6H2,1H3,(H,13,14,15). The van der Waals surface area contributed by atoms with Gasteiger partial charge in [0.15, 0.2) is 5.17 Å². The molecule has 1 aromatic carbocycles. The molecule has 1 aliphatic rings. The highest BCUT2D eigenvalue weighted by Gasteiger charge is 2.16. The van der Waals surface area contributed by atoms with Gasteiger partial charge in [0.05, 0.1) is 12.3 Å². The van der Waals surface area contributed by atoms with Crippen molar-refractivity contribution in [2.24, 2.45) is 4.99 Å². The Morgan fingerprint density at radius 3 is 3.00 bits per heavy atom. The molecule has 0 saturated carbocycles. The maximum absolute atomic E-state index is 11.0. The third-order valence-corrected chi connectivity index (χ3v) is 3.59. The Labute approximate surface area is 103 Å². The van der Waals surface area contributed by atoms with Crippen molar-refractivity contribution >= 4 is 34.4 Å². The molecule has 1 N–H and O–H groups in total. The van der Waals surface area contributed by atoms with Crippen molar-refractivity contribution < 1.29 is 4.79 Å². The number of carbonyl (C=O) groups is 1. The second kappa shape index (κ2) is 4.89. The van der Waals surface area contributed by atoms with E-state index in [0.717, 1.165) is 16.1 Å². The van der Waals surface area contributed by atoms with Crippen molar-refractivity contribution in [3.05, 3.63) is 34.3 Å². The monoisotopic (exact) mass is 254 g/mol. The topological polar surface area (TPSA) is 41.5 Å². The summed E-state index contributed by atoms with van der Waals surface area (Å²) in [5, 5.41) is 4.10. The number of aryl methyl sites for hydroxylation is 1. The van der Waals surface area contributed by atoms with Gasteiger partial charge in [-0.1, -0.05) is 35.5 Å². The Bertz CT molecular complexity index is 439. The Morgan fingerprint density at radius 1 is 1.56 bits per heavy atom. The number of benzene rings is 1. The van der Waals surface area contributed by atoms with Crippen LogP contribution in [0.25, 0.3) is 0 Å². The van der Waals surface area contributed by atoms with Gasteiger partial charge in [0.2, 0.25) is 5.91 Å². The van der Waals surface area contributed by atoms with Crippen LogP contribution in [0.5, 0.6) is 0 Å². The molecule has 5 heteroatoms. The third kappa shape index (κ3) is 2.57. The predicted octanol–water partition coefficient (Wildman–Crippen LogP) is 2.37. The fourth-order valence-corrected chi connectivity index (χ4v) is 2.39. The van der Waals surface area contributed by atoms with E-state index in [1.807, 2.05) is 25.1 Å². The van der Waals surface area contributed by atoms with Crippen molar-refractivity contribution in [1.29, 1.82) is 0 Å². The zero-order valence-corrected chi connectivity index (χ0v) is 10.4. The zero-order chi connectivity index (χ0) is 11.5. The van der Waals surface area contributed by atoms with Crippen molar-refractivity contribution in [2.45, 2.75) is 13.5 Å². The van der Waals surface area contributed by atoms with E-state index in [4.69, 9.17) is 11.6 Å². The van der Waals surface area contributed by atoms with Crippen LogP contribution in [-0.4, -0.2) is 16.8 Å². The van der Waals surface area contributed by atoms with Crippen molar-refractivity contribution in [1.82, 2.24) is 5.32 Å². The minimum atomic E-state index is 0.0135. The minimum absolute atomic E-state index is 0.0135. The maximum atomic E-state index is 11.0. The molecule has 1 aliphatic heterocycles. The van der Waals surface area contributed by atoms with Gasteiger partial charge in [0, 0.05) is 5.02 Å². The van der Waals surface area contributed by atoms with Crippen molar-refractivity contribution in [2.75, 3.05) is 5.75 Å². The molecule has 3 nitrogen and oxygen atoms in total. The molecule has 0 atom stereocenters. The lowest BCUT2D eigenvalue weighted by molar-refractivity contribution is -0.116. The molecule has 1 heterocycles. The van der Waals surface area contributed by atoms with E-state index >= 15 is 0 Å².